The van der Waals surface area contributed by atoms with Gasteiger partial charge in [-0.2, -0.15) is 0 Å². The summed E-state index contributed by atoms with van der Waals surface area (Å²) in [5.74, 6) is 0.554. The third-order valence-electron chi connectivity index (χ3n) is 3.71. The van der Waals surface area contributed by atoms with Crippen LogP contribution in [-0.4, -0.2) is 11.7 Å². The molecule has 0 radical (unpaired) electrons. The van der Waals surface area contributed by atoms with Crippen LogP contribution >= 0.6 is 11.8 Å². The number of hydrogen-bond acceptors (Lipinski definition) is 2. The highest BCUT2D eigenvalue weighted by atomic mass is 32.2. The zero-order valence-corrected chi connectivity index (χ0v) is 14.4. The van der Waals surface area contributed by atoms with Gasteiger partial charge in [-0.05, 0) is 35.6 Å². The molecule has 4 heteroatoms. The van der Waals surface area contributed by atoms with Crippen LogP contribution in [-0.2, 0) is 23.4 Å². The van der Waals surface area contributed by atoms with E-state index in [-0.39, 0.29) is 11.7 Å². The quantitative estimate of drug-likeness (QED) is 0.788. The smallest absolute Gasteiger partial charge is 0.234 e. The third-order valence-corrected chi connectivity index (χ3v) is 4.69. The van der Waals surface area contributed by atoms with Gasteiger partial charge in [0.15, 0.2) is 0 Å². The summed E-state index contributed by atoms with van der Waals surface area (Å²) < 4.78 is 13.5. The molecule has 122 valence electrons. The van der Waals surface area contributed by atoms with Crippen molar-refractivity contribution >= 4 is 23.4 Å². The monoisotopic (exact) mass is 331 g/mol. The van der Waals surface area contributed by atoms with E-state index in [1.165, 1.54) is 17.8 Å². The van der Waals surface area contributed by atoms with E-state index in [1.54, 1.807) is 12.1 Å². The van der Waals surface area contributed by atoms with Crippen molar-refractivity contribution in [2.75, 3.05) is 11.1 Å². The molecular weight excluding hydrogens is 309 g/mol. The van der Waals surface area contributed by atoms with E-state index in [9.17, 15) is 9.18 Å². The van der Waals surface area contributed by atoms with Gasteiger partial charge >= 0.3 is 0 Å². The molecule has 1 N–H and O–H groups in total. The zero-order valence-electron chi connectivity index (χ0n) is 13.6. The number of halogens is 1. The first-order valence-corrected chi connectivity index (χ1v) is 9.02. The second-order valence-corrected chi connectivity index (χ2v) is 6.28. The number of benzene rings is 2. The molecule has 2 nitrogen and oxygen atoms in total. The molecule has 0 fully saturated rings. The number of thioether (sulfide) groups is 1. The fourth-order valence-electron chi connectivity index (χ4n) is 2.45. The van der Waals surface area contributed by atoms with Crippen LogP contribution in [0.3, 0.4) is 0 Å². The topological polar surface area (TPSA) is 29.1 Å². The number of aryl methyl sites for hydroxylation is 2. The van der Waals surface area contributed by atoms with Crippen LogP contribution in [0, 0.1) is 5.82 Å². The number of hydrogen-bond donors (Lipinski definition) is 1. The van der Waals surface area contributed by atoms with Crippen LogP contribution in [0.15, 0.2) is 42.5 Å². The van der Waals surface area contributed by atoms with Gasteiger partial charge in [0.05, 0.1) is 5.75 Å². The standard InChI is InChI=1S/C19H22FNOS/c1-3-14-9-7-10-15(4-2)19(14)21-18(22)13-23-12-16-8-5-6-11-17(16)20/h5-11H,3-4,12-13H2,1-2H3,(H,21,22). The Balaban J connectivity index is 1.94. The number of rotatable bonds is 7. The molecule has 1 amide bonds. The lowest BCUT2D eigenvalue weighted by Crippen LogP contribution is -2.17. The first-order chi connectivity index (χ1) is 11.2. The summed E-state index contributed by atoms with van der Waals surface area (Å²) in [6.07, 6.45) is 1.76. The maximum Gasteiger partial charge on any atom is 0.234 e. The van der Waals surface area contributed by atoms with Gasteiger partial charge in [0.25, 0.3) is 0 Å². The van der Waals surface area contributed by atoms with Gasteiger partial charge in [-0.25, -0.2) is 4.39 Å². The Labute approximate surface area is 141 Å². The van der Waals surface area contributed by atoms with E-state index >= 15 is 0 Å². The maximum atomic E-state index is 13.5. The van der Waals surface area contributed by atoms with Crippen molar-refractivity contribution in [1.82, 2.24) is 0 Å². The van der Waals surface area contributed by atoms with Crippen molar-refractivity contribution in [3.63, 3.8) is 0 Å². The van der Waals surface area contributed by atoms with Gasteiger partial charge < -0.3 is 5.32 Å². The molecule has 2 aromatic rings. The molecule has 0 bridgehead atoms. The van der Waals surface area contributed by atoms with E-state index in [4.69, 9.17) is 0 Å². The molecule has 0 aliphatic carbocycles. The molecule has 2 rings (SSSR count). The Kier molecular flexibility index (Phi) is 6.66. The number of anilines is 1. The highest BCUT2D eigenvalue weighted by molar-refractivity contribution is 7.99. The maximum absolute atomic E-state index is 13.5. The third kappa shape index (κ3) is 4.83. The van der Waals surface area contributed by atoms with Gasteiger partial charge in [-0.15, -0.1) is 11.8 Å². The summed E-state index contributed by atoms with van der Waals surface area (Å²) >= 11 is 1.42. The fourth-order valence-corrected chi connectivity index (χ4v) is 3.26. The second kappa shape index (κ2) is 8.73. The molecule has 0 heterocycles. The minimum atomic E-state index is -0.218. The fraction of sp³-hybridized carbons (Fsp3) is 0.316. The van der Waals surface area contributed by atoms with E-state index in [2.05, 4.69) is 19.2 Å². The average Bonchev–Trinajstić information content (AvgIpc) is 2.56. The van der Waals surface area contributed by atoms with Gasteiger partial charge in [0, 0.05) is 11.4 Å². The van der Waals surface area contributed by atoms with Crippen LogP contribution < -0.4 is 5.32 Å². The highest BCUT2D eigenvalue weighted by Gasteiger charge is 2.10. The molecular formula is C19H22FNOS. The predicted molar refractivity (Wildman–Crippen MR) is 96.4 cm³/mol. The van der Waals surface area contributed by atoms with E-state index in [1.807, 2.05) is 24.3 Å². The number of carbonyl (C=O) groups is 1. The normalized spacial score (nSPS) is 10.6. The van der Waals surface area contributed by atoms with Crippen LogP contribution in [0.1, 0.15) is 30.5 Å². The Hall–Kier alpha value is -1.81. The molecule has 0 atom stereocenters. The average molecular weight is 331 g/mol. The summed E-state index contributed by atoms with van der Waals surface area (Å²) in [5, 5.41) is 3.03. The first kappa shape index (κ1) is 17.5. The van der Waals surface area contributed by atoms with Gasteiger partial charge in [-0.3, -0.25) is 4.79 Å². The predicted octanol–water partition coefficient (Wildman–Crippen LogP) is 4.82. The minimum absolute atomic E-state index is 0.0399. The van der Waals surface area contributed by atoms with E-state index < -0.39 is 0 Å². The lowest BCUT2D eigenvalue weighted by Gasteiger charge is -2.14. The van der Waals surface area contributed by atoms with Crippen LogP contribution in [0.5, 0.6) is 0 Å². The Morgan fingerprint density at radius 2 is 1.61 bits per heavy atom. The molecule has 0 aliphatic heterocycles. The molecule has 0 aliphatic rings. The molecule has 0 unspecified atom stereocenters. The molecule has 2 aromatic carbocycles. The van der Waals surface area contributed by atoms with Crippen molar-refractivity contribution in [1.29, 1.82) is 0 Å². The summed E-state index contributed by atoms with van der Waals surface area (Å²) in [6.45, 7) is 4.16. The molecule has 0 saturated carbocycles. The lowest BCUT2D eigenvalue weighted by molar-refractivity contribution is -0.113. The summed E-state index contributed by atoms with van der Waals surface area (Å²) in [6, 6.07) is 12.8. The van der Waals surface area contributed by atoms with Crippen LogP contribution in [0.25, 0.3) is 0 Å². The number of nitrogens with one attached hydrogen (secondary N) is 1. The molecule has 0 spiro atoms. The Morgan fingerprint density at radius 3 is 2.22 bits per heavy atom. The molecule has 0 saturated heterocycles. The van der Waals surface area contributed by atoms with Gasteiger partial charge in [-0.1, -0.05) is 50.2 Å². The van der Waals surface area contributed by atoms with Gasteiger partial charge in [0.2, 0.25) is 5.91 Å². The van der Waals surface area contributed by atoms with Crippen LogP contribution in [0.4, 0.5) is 10.1 Å². The Morgan fingerprint density at radius 1 is 1.00 bits per heavy atom. The van der Waals surface area contributed by atoms with Crippen molar-refractivity contribution in [2.45, 2.75) is 32.4 Å². The first-order valence-electron chi connectivity index (χ1n) is 7.87. The Bertz CT molecular complexity index is 650. The lowest BCUT2D eigenvalue weighted by atomic mass is 10.0. The molecule has 23 heavy (non-hydrogen) atoms. The highest BCUT2D eigenvalue weighted by Crippen LogP contribution is 2.23. The number of para-hydroxylation sites is 1. The van der Waals surface area contributed by atoms with Crippen molar-refractivity contribution in [3.8, 4) is 0 Å². The SMILES string of the molecule is CCc1cccc(CC)c1NC(=O)CSCc1ccccc1F. The van der Waals surface area contributed by atoms with Gasteiger partial charge in [0.1, 0.15) is 5.82 Å². The zero-order chi connectivity index (χ0) is 16.7. The largest absolute Gasteiger partial charge is 0.325 e. The second-order valence-electron chi connectivity index (χ2n) is 5.29. The van der Waals surface area contributed by atoms with Crippen molar-refractivity contribution in [3.05, 3.63) is 65.0 Å². The minimum Gasteiger partial charge on any atom is -0.325 e. The van der Waals surface area contributed by atoms with E-state index in [0.717, 1.165) is 29.7 Å². The summed E-state index contributed by atoms with van der Waals surface area (Å²) in [4.78, 5) is 12.2. The van der Waals surface area contributed by atoms with E-state index in [0.29, 0.717) is 17.1 Å². The molecule has 0 aromatic heterocycles. The van der Waals surface area contributed by atoms with Crippen molar-refractivity contribution < 1.29 is 9.18 Å². The number of carbonyl (C=O) groups excluding carboxylic acids is 1. The summed E-state index contributed by atoms with van der Waals surface area (Å²) in [7, 11) is 0. The number of amides is 1. The summed E-state index contributed by atoms with van der Waals surface area (Å²) in [5.41, 5.74) is 3.87. The van der Waals surface area contributed by atoms with Crippen LogP contribution in [0.2, 0.25) is 0 Å². The van der Waals surface area contributed by atoms with Crippen molar-refractivity contribution in [2.24, 2.45) is 0 Å².